The number of piperidine rings is 1. The van der Waals surface area contributed by atoms with E-state index in [1.165, 1.54) is 12.1 Å². The van der Waals surface area contributed by atoms with Crippen molar-refractivity contribution in [3.63, 3.8) is 0 Å². The lowest BCUT2D eigenvalue weighted by Gasteiger charge is -2.34. The zero-order valence-electron chi connectivity index (χ0n) is 16.4. The fourth-order valence-corrected chi connectivity index (χ4v) is 3.74. The second kappa shape index (κ2) is 8.33. The number of nitrogens with zero attached hydrogens (tertiary/aromatic N) is 1. The third-order valence-corrected chi connectivity index (χ3v) is 5.26. The molecular formula is C22H20F3N3O3. The largest absolute Gasteiger partial charge is 0.573 e. The molecule has 0 radical (unpaired) electrons. The SMILES string of the molecule is O=C(NC1CCN(c2ccc(OC(F)(F)F)cc2)CC1)c1cc2ccccc2c(=O)[nH]1. The van der Waals surface area contributed by atoms with Crippen LogP contribution in [0.25, 0.3) is 10.8 Å². The van der Waals surface area contributed by atoms with Gasteiger partial charge in [0.25, 0.3) is 11.5 Å². The number of fused-ring (bicyclic) bond motifs is 1. The number of amides is 1. The number of hydrogen-bond acceptors (Lipinski definition) is 4. The van der Waals surface area contributed by atoms with E-state index in [0.717, 1.165) is 5.69 Å². The molecule has 1 amide bonds. The highest BCUT2D eigenvalue weighted by atomic mass is 19.4. The van der Waals surface area contributed by atoms with E-state index in [9.17, 15) is 22.8 Å². The molecule has 3 aromatic rings. The average molecular weight is 431 g/mol. The number of alkyl halides is 3. The quantitative estimate of drug-likeness (QED) is 0.659. The van der Waals surface area contributed by atoms with Crippen molar-refractivity contribution >= 4 is 22.4 Å². The number of ether oxygens (including phenoxy) is 1. The number of carbonyl (C=O) groups excluding carboxylic acids is 1. The van der Waals surface area contributed by atoms with Crippen LogP contribution in [0.5, 0.6) is 5.75 Å². The highest BCUT2D eigenvalue weighted by Crippen LogP contribution is 2.27. The summed E-state index contributed by atoms with van der Waals surface area (Å²) >= 11 is 0. The monoisotopic (exact) mass is 431 g/mol. The van der Waals surface area contributed by atoms with Crippen LogP contribution in [0.15, 0.2) is 59.4 Å². The standard InChI is InChI=1S/C22H20F3N3O3/c23-22(24,25)31-17-7-5-16(6-8-17)28-11-9-15(10-12-28)26-21(30)19-13-14-3-1-2-4-18(14)20(29)27-19/h1-8,13,15H,9-12H2,(H,26,30)(H,27,29). The van der Waals surface area contributed by atoms with Crippen LogP contribution < -0.4 is 20.5 Å². The van der Waals surface area contributed by atoms with Crippen molar-refractivity contribution in [1.82, 2.24) is 10.3 Å². The molecule has 2 heterocycles. The van der Waals surface area contributed by atoms with Crippen molar-refractivity contribution in [3.05, 3.63) is 70.6 Å². The van der Waals surface area contributed by atoms with Crippen molar-refractivity contribution in [1.29, 1.82) is 0 Å². The second-order valence-electron chi connectivity index (χ2n) is 7.38. The number of nitrogens with one attached hydrogen (secondary N) is 2. The number of aromatic amines is 1. The van der Waals surface area contributed by atoms with Crippen LogP contribution in [-0.4, -0.2) is 36.4 Å². The average Bonchev–Trinajstić information content (AvgIpc) is 2.74. The first-order chi connectivity index (χ1) is 14.8. The van der Waals surface area contributed by atoms with Gasteiger partial charge in [-0.1, -0.05) is 18.2 Å². The summed E-state index contributed by atoms with van der Waals surface area (Å²) in [5.74, 6) is -0.599. The smallest absolute Gasteiger partial charge is 0.406 e. The van der Waals surface area contributed by atoms with E-state index in [4.69, 9.17) is 0 Å². The first kappa shape index (κ1) is 20.8. The Hall–Kier alpha value is -3.49. The van der Waals surface area contributed by atoms with Gasteiger partial charge in [-0.3, -0.25) is 9.59 Å². The number of carbonyl (C=O) groups is 1. The molecule has 2 aromatic carbocycles. The van der Waals surface area contributed by atoms with Gasteiger partial charge in [0, 0.05) is 30.2 Å². The first-order valence-corrected chi connectivity index (χ1v) is 9.82. The number of hydrogen-bond donors (Lipinski definition) is 2. The Kier molecular flexibility index (Phi) is 5.58. The number of rotatable bonds is 4. The Bertz CT molecular complexity index is 1130. The van der Waals surface area contributed by atoms with Gasteiger partial charge in [0.15, 0.2) is 0 Å². The Labute approximate surface area is 175 Å². The van der Waals surface area contributed by atoms with Crippen molar-refractivity contribution < 1.29 is 22.7 Å². The van der Waals surface area contributed by atoms with Crippen LogP contribution in [0, 0.1) is 0 Å². The van der Waals surface area contributed by atoms with Crippen LogP contribution in [0.3, 0.4) is 0 Å². The fourth-order valence-electron chi connectivity index (χ4n) is 3.74. The van der Waals surface area contributed by atoms with Crippen LogP contribution in [0.1, 0.15) is 23.3 Å². The summed E-state index contributed by atoms with van der Waals surface area (Å²) in [6, 6.07) is 14.4. The summed E-state index contributed by atoms with van der Waals surface area (Å²) < 4.78 is 40.7. The maximum absolute atomic E-state index is 12.6. The fraction of sp³-hybridized carbons (Fsp3) is 0.273. The molecule has 0 saturated carbocycles. The molecule has 31 heavy (non-hydrogen) atoms. The van der Waals surface area contributed by atoms with E-state index in [-0.39, 0.29) is 29.0 Å². The van der Waals surface area contributed by atoms with Crippen molar-refractivity contribution in [3.8, 4) is 5.75 Å². The first-order valence-electron chi connectivity index (χ1n) is 9.82. The normalized spacial score (nSPS) is 15.1. The lowest BCUT2D eigenvalue weighted by atomic mass is 10.0. The van der Waals surface area contributed by atoms with Gasteiger partial charge in [-0.05, 0) is 54.6 Å². The van der Waals surface area contributed by atoms with Crippen LogP contribution in [0.2, 0.25) is 0 Å². The number of pyridine rings is 1. The minimum Gasteiger partial charge on any atom is -0.406 e. The van der Waals surface area contributed by atoms with Gasteiger partial charge in [0.2, 0.25) is 0 Å². The van der Waals surface area contributed by atoms with Gasteiger partial charge in [0.1, 0.15) is 11.4 Å². The van der Waals surface area contributed by atoms with Crippen molar-refractivity contribution in [2.24, 2.45) is 0 Å². The zero-order valence-corrected chi connectivity index (χ0v) is 16.4. The predicted molar refractivity (Wildman–Crippen MR) is 110 cm³/mol. The molecule has 2 N–H and O–H groups in total. The third-order valence-electron chi connectivity index (χ3n) is 5.26. The minimum atomic E-state index is -4.71. The van der Waals surface area contributed by atoms with E-state index in [0.29, 0.717) is 36.7 Å². The summed E-state index contributed by atoms with van der Waals surface area (Å²) in [6.07, 6.45) is -3.37. The predicted octanol–water partition coefficient (Wildman–Crippen LogP) is 3.83. The third kappa shape index (κ3) is 4.99. The summed E-state index contributed by atoms with van der Waals surface area (Å²) in [5.41, 5.74) is 0.695. The van der Waals surface area contributed by atoms with Gasteiger partial charge in [0.05, 0.1) is 0 Å². The van der Waals surface area contributed by atoms with Gasteiger partial charge >= 0.3 is 6.36 Å². The molecule has 9 heteroatoms. The molecule has 0 aliphatic carbocycles. The van der Waals surface area contributed by atoms with Crippen LogP contribution in [-0.2, 0) is 0 Å². The van der Waals surface area contributed by atoms with Gasteiger partial charge < -0.3 is 19.9 Å². The van der Waals surface area contributed by atoms with E-state index in [1.807, 2.05) is 4.90 Å². The van der Waals surface area contributed by atoms with Crippen molar-refractivity contribution in [2.45, 2.75) is 25.2 Å². The summed E-state index contributed by atoms with van der Waals surface area (Å²) in [7, 11) is 0. The summed E-state index contributed by atoms with van der Waals surface area (Å²) in [5, 5.41) is 4.18. The lowest BCUT2D eigenvalue weighted by molar-refractivity contribution is -0.274. The topological polar surface area (TPSA) is 74.4 Å². The molecule has 1 aromatic heterocycles. The van der Waals surface area contributed by atoms with E-state index in [1.54, 1.807) is 42.5 Å². The van der Waals surface area contributed by atoms with Crippen LogP contribution >= 0.6 is 0 Å². The van der Waals surface area contributed by atoms with E-state index in [2.05, 4.69) is 15.0 Å². The van der Waals surface area contributed by atoms with Crippen LogP contribution in [0.4, 0.5) is 18.9 Å². The Morgan fingerprint density at radius 3 is 2.42 bits per heavy atom. The van der Waals surface area contributed by atoms with E-state index < -0.39 is 6.36 Å². The summed E-state index contributed by atoms with van der Waals surface area (Å²) in [6.45, 7) is 1.28. The molecule has 1 saturated heterocycles. The molecule has 1 aliphatic heterocycles. The minimum absolute atomic E-state index is 0.0634. The highest BCUT2D eigenvalue weighted by Gasteiger charge is 2.31. The molecule has 0 unspecified atom stereocenters. The molecule has 6 nitrogen and oxygen atoms in total. The maximum Gasteiger partial charge on any atom is 0.573 e. The molecule has 162 valence electrons. The Balaban J connectivity index is 1.35. The zero-order chi connectivity index (χ0) is 22.0. The molecule has 1 fully saturated rings. The number of benzene rings is 2. The van der Waals surface area contributed by atoms with E-state index >= 15 is 0 Å². The Morgan fingerprint density at radius 2 is 1.74 bits per heavy atom. The molecule has 0 spiro atoms. The Morgan fingerprint density at radius 1 is 1.06 bits per heavy atom. The second-order valence-corrected chi connectivity index (χ2v) is 7.38. The number of anilines is 1. The molecule has 0 bridgehead atoms. The lowest BCUT2D eigenvalue weighted by Crippen LogP contribution is -2.45. The molecule has 0 atom stereocenters. The highest BCUT2D eigenvalue weighted by molar-refractivity contribution is 5.96. The van der Waals surface area contributed by atoms with Crippen molar-refractivity contribution in [2.75, 3.05) is 18.0 Å². The summed E-state index contributed by atoms with van der Waals surface area (Å²) in [4.78, 5) is 29.5. The molecular weight excluding hydrogens is 411 g/mol. The van der Waals surface area contributed by atoms with Gasteiger partial charge in [-0.25, -0.2) is 0 Å². The number of halogens is 3. The van der Waals surface area contributed by atoms with Gasteiger partial charge in [-0.15, -0.1) is 13.2 Å². The van der Waals surface area contributed by atoms with Gasteiger partial charge in [-0.2, -0.15) is 0 Å². The number of H-pyrrole nitrogens is 1. The molecule has 4 rings (SSSR count). The number of aromatic nitrogens is 1. The molecule has 1 aliphatic rings. The maximum atomic E-state index is 12.6.